The minimum absolute atomic E-state index is 0.507. The summed E-state index contributed by atoms with van der Waals surface area (Å²) >= 11 is 0. The molecule has 0 bridgehead atoms. The summed E-state index contributed by atoms with van der Waals surface area (Å²) in [6.07, 6.45) is 1.48. The zero-order chi connectivity index (χ0) is 11.8. The van der Waals surface area contributed by atoms with E-state index in [-0.39, 0.29) is 0 Å². The van der Waals surface area contributed by atoms with E-state index in [2.05, 4.69) is 5.32 Å². The second-order valence-corrected chi connectivity index (χ2v) is 5.55. The maximum absolute atomic E-state index is 11.6. The van der Waals surface area contributed by atoms with Gasteiger partial charge in [-0.3, -0.25) is 9.52 Å². The summed E-state index contributed by atoms with van der Waals surface area (Å²) in [5.41, 5.74) is 1.91. The molecule has 86 valence electrons. The van der Waals surface area contributed by atoms with Gasteiger partial charge < -0.3 is 5.32 Å². The van der Waals surface area contributed by atoms with E-state index in [9.17, 15) is 13.2 Å². The molecule has 0 spiro atoms. The molecule has 0 fully saturated rings. The highest BCUT2D eigenvalue weighted by Crippen LogP contribution is 2.24. The topological polar surface area (TPSA) is 75.3 Å². The predicted molar refractivity (Wildman–Crippen MR) is 60.5 cm³/mol. The number of benzene rings is 1. The monoisotopic (exact) mass is 240 g/mol. The summed E-state index contributed by atoms with van der Waals surface area (Å²) in [6, 6.07) is 7.02. The van der Waals surface area contributed by atoms with Crippen molar-refractivity contribution in [3.63, 3.8) is 0 Å². The average molecular weight is 240 g/mol. The zero-order valence-corrected chi connectivity index (χ0v) is 9.54. The Balaban J connectivity index is 2.09. The molecule has 0 aromatic heterocycles. The summed E-state index contributed by atoms with van der Waals surface area (Å²) in [5, 5.41) is 2.98. The number of anilines is 1. The van der Waals surface area contributed by atoms with E-state index < -0.39 is 22.0 Å². The Bertz CT molecular complexity index is 500. The smallest absolute Gasteiger partial charge is 0.256 e. The van der Waals surface area contributed by atoms with E-state index in [1.165, 1.54) is 0 Å². The third-order valence-corrected chi connectivity index (χ3v) is 2.95. The quantitative estimate of drug-likeness (QED) is 0.768. The van der Waals surface area contributed by atoms with Crippen LogP contribution in [0, 0.1) is 0 Å². The standard InChI is InChI=1S/C10H12N2O3S/c1-16(14,15)12-10(13)9-6-7-4-2-3-5-8(7)11-9/h2-5,9,11H,6H2,1H3,(H,12,13). The highest BCUT2D eigenvalue weighted by atomic mass is 32.2. The van der Waals surface area contributed by atoms with Crippen molar-refractivity contribution in [1.82, 2.24) is 4.72 Å². The lowest BCUT2D eigenvalue weighted by atomic mass is 10.1. The first-order chi connectivity index (χ1) is 7.46. The van der Waals surface area contributed by atoms with Gasteiger partial charge in [0.2, 0.25) is 10.0 Å². The summed E-state index contributed by atoms with van der Waals surface area (Å²) in [4.78, 5) is 11.6. The summed E-state index contributed by atoms with van der Waals surface area (Å²) in [6.45, 7) is 0. The highest BCUT2D eigenvalue weighted by Gasteiger charge is 2.27. The van der Waals surface area contributed by atoms with Crippen LogP contribution in [0.15, 0.2) is 24.3 Å². The summed E-state index contributed by atoms with van der Waals surface area (Å²) in [7, 11) is -3.49. The van der Waals surface area contributed by atoms with Crippen LogP contribution in [-0.4, -0.2) is 26.6 Å². The normalized spacial score (nSPS) is 18.7. The van der Waals surface area contributed by atoms with E-state index in [1.54, 1.807) is 0 Å². The van der Waals surface area contributed by atoms with Gasteiger partial charge in [-0.25, -0.2) is 8.42 Å². The van der Waals surface area contributed by atoms with Crippen molar-refractivity contribution in [2.75, 3.05) is 11.6 Å². The van der Waals surface area contributed by atoms with Crippen molar-refractivity contribution in [3.05, 3.63) is 29.8 Å². The highest BCUT2D eigenvalue weighted by molar-refractivity contribution is 7.89. The lowest BCUT2D eigenvalue weighted by Gasteiger charge is -2.10. The molecule has 16 heavy (non-hydrogen) atoms. The molecule has 1 heterocycles. The van der Waals surface area contributed by atoms with Crippen molar-refractivity contribution in [2.24, 2.45) is 0 Å². The Morgan fingerprint density at radius 3 is 2.75 bits per heavy atom. The van der Waals surface area contributed by atoms with Crippen molar-refractivity contribution < 1.29 is 13.2 Å². The van der Waals surface area contributed by atoms with Gasteiger partial charge in [0.1, 0.15) is 6.04 Å². The number of carbonyl (C=O) groups excluding carboxylic acids is 1. The van der Waals surface area contributed by atoms with Gasteiger partial charge in [-0.15, -0.1) is 0 Å². The molecule has 1 amide bonds. The number of carbonyl (C=O) groups is 1. The number of nitrogens with one attached hydrogen (secondary N) is 2. The van der Waals surface area contributed by atoms with Gasteiger partial charge in [0.15, 0.2) is 0 Å². The van der Waals surface area contributed by atoms with Crippen LogP contribution >= 0.6 is 0 Å². The Labute approximate surface area is 93.9 Å². The van der Waals surface area contributed by atoms with E-state index >= 15 is 0 Å². The fraction of sp³-hybridized carbons (Fsp3) is 0.300. The van der Waals surface area contributed by atoms with E-state index in [1.807, 2.05) is 29.0 Å². The number of hydrogen-bond acceptors (Lipinski definition) is 4. The number of sulfonamides is 1. The van der Waals surface area contributed by atoms with Crippen LogP contribution in [0.25, 0.3) is 0 Å². The second kappa shape index (κ2) is 3.79. The maximum atomic E-state index is 11.6. The van der Waals surface area contributed by atoms with Gasteiger partial charge >= 0.3 is 0 Å². The van der Waals surface area contributed by atoms with Crippen molar-refractivity contribution in [2.45, 2.75) is 12.5 Å². The van der Waals surface area contributed by atoms with Gasteiger partial charge in [-0.05, 0) is 11.6 Å². The molecule has 0 saturated carbocycles. The Kier molecular flexibility index (Phi) is 2.59. The van der Waals surface area contributed by atoms with Gasteiger partial charge in [0.25, 0.3) is 5.91 Å². The fourth-order valence-corrected chi connectivity index (χ4v) is 2.22. The molecule has 1 aromatic carbocycles. The third-order valence-electron chi connectivity index (χ3n) is 2.37. The summed E-state index contributed by atoms with van der Waals surface area (Å²) in [5.74, 6) is -0.515. The number of para-hydroxylation sites is 1. The minimum atomic E-state index is -3.49. The average Bonchev–Trinajstić information content (AvgIpc) is 2.58. The minimum Gasteiger partial charge on any atom is -0.373 e. The second-order valence-electron chi connectivity index (χ2n) is 3.80. The molecule has 0 saturated heterocycles. The first-order valence-electron chi connectivity index (χ1n) is 4.82. The molecule has 6 heteroatoms. The van der Waals surface area contributed by atoms with Gasteiger partial charge in [-0.1, -0.05) is 18.2 Å². The molecule has 1 aliphatic heterocycles. The van der Waals surface area contributed by atoms with Crippen LogP contribution in [-0.2, 0) is 21.2 Å². The fourth-order valence-electron chi connectivity index (χ4n) is 1.71. The molecule has 1 atom stereocenters. The van der Waals surface area contributed by atoms with Gasteiger partial charge in [0.05, 0.1) is 6.26 Å². The Morgan fingerprint density at radius 2 is 2.12 bits per heavy atom. The molecule has 0 radical (unpaired) electrons. The van der Waals surface area contributed by atoms with Crippen LogP contribution in [0.4, 0.5) is 5.69 Å². The molecule has 1 aromatic rings. The van der Waals surface area contributed by atoms with Crippen LogP contribution in [0.2, 0.25) is 0 Å². The molecule has 2 rings (SSSR count). The molecule has 0 aliphatic carbocycles. The van der Waals surface area contributed by atoms with Crippen LogP contribution < -0.4 is 10.0 Å². The summed E-state index contributed by atoms with van der Waals surface area (Å²) < 4.78 is 23.8. The maximum Gasteiger partial charge on any atom is 0.256 e. The molecular formula is C10H12N2O3S. The lowest BCUT2D eigenvalue weighted by molar-refractivity contribution is -0.119. The van der Waals surface area contributed by atoms with Gasteiger partial charge in [0, 0.05) is 12.1 Å². The number of amides is 1. The van der Waals surface area contributed by atoms with Crippen LogP contribution in [0.3, 0.4) is 0 Å². The van der Waals surface area contributed by atoms with Crippen molar-refractivity contribution in [3.8, 4) is 0 Å². The van der Waals surface area contributed by atoms with Crippen molar-refractivity contribution >= 4 is 21.6 Å². The van der Waals surface area contributed by atoms with E-state index in [4.69, 9.17) is 0 Å². The molecule has 5 nitrogen and oxygen atoms in total. The third kappa shape index (κ3) is 2.33. The zero-order valence-electron chi connectivity index (χ0n) is 8.73. The van der Waals surface area contributed by atoms with Crippen LogP contribution in [0.1, 0.15) is 5.56 Å². The number of hydrogen-bond donors (Lipinski definition) is 2. The van der Waals surface area contributed by atoms with Crippen LogP contribution in [0.5, 0.6) is 0 Å². The molecule has 1 unspecified atom stereocenters. The molecule has 2 N–H and O–H groups in total. The number of rotatable bonds is 2. The molecular weight excluding hydrogens is 228 g/mol. The largest absolute Gasteiger partial charge is 0.373 e. The Morgan fingerprint density at radius 1 is 1.44 bits per heavy atom. The first-order valence-corrected chi connectivity index (χ1v) is 6.71. The van der Waals surface area contributed by atoms with E-state index in [0.29, 0.717) is 6.42 Å². The lowest BCUT2D eigenvalue weighted by Crippen LogP contribution is -2.41. The number of fused-ring (bicyclic) bond motifs is 1. The SMILES string of the molecule is CS(=O)(=O)NC(=O)C1Cc2ccccc2N1. The molecule has 1 aliphatic rings. The van der Waals surface area contributed by atoms with Gasteiger partial charge in [-0.2, -0.15) is 0 Å². The first kappa shape index (κ1) is 10.9. The van der Waals surface area contributed by atoms with Crippen molar-refractivity contribution in [1.29, 1.82) is 0 Å². The van der Waals surface area contributed by atoms with E-state index in [0.717, 1.165) is 17.5 Å². The Hall–Kier alpha value is -1.56. The predicted octanol–water partition coefficient (Wildman–Crippen LogP) is 0.0990.